The topological polar surface area (TPSA) is 72.7 Å². The van der Waals surface area contributed by atoms with Crippen molar-refractivity contribution in [2.24, 2.45) is 0 Å². The first kappa shape index (κ1) is 19.4. The number of hydrogen-bond donors (Lipinski definition) is 1. The molecule has 0 aliphatic rings. The van der Waals surface area contributed by atoms with Gasteiger partial charge in [-0.25, -0.2) is 14.6 Å². The van der Waals surface area contributed by atoms with E-state index >= 15 is 0 Å². The van der Waals surface area contributed by atoms with E-state index in [1.807, 2.05) is 44.2 Å². The van der Waals surface area contributed by atoms with Crippen LogP contribution < -0.4 is 5.32 Å². The summed E-state index contributed by atoms with van der Waals surface area (Å²) in [6, 6.07) is 16.4. The summed E-state index contributed by atoms with van der Waals surface area (Å²) in [5, 5.41) is 9.09. The summed E-state index contributed by atoms with van der Waals surface area (Å²) < 4.78 is 2.72. The Balaban J connectivity index is 1.46. The third kappa shape index (κ3) is 3.57. The molecule has 2 aromatic carbocycles. The molecule has 31 heavy (non-hydrogen) atoms. The van der Waals surface area contributed by atoms with E-state index in [9.17, 15) is 4.79 Å². The number of fused-ring (bicyclic) bond motifs is 2. The highest BCUT2D eigenvalue weighted by atomic mass is 32.1. The first-order valence-electron chi connectivity index (χ1n) is 10.0. The van der Waals surface area contributed by atoms with Crippen molar-refractivity contribution < 1.29 is 4.79 Å². The number of benzene rings is 2. The first-order chi connectivity index (χ1) is 15.0. The zero-order valence-electron chi connectivity index (χ0n) is 17.5. The van der Waals surface area contributed by atoms with Crippen molar-refractivity contribution in [3.05, 3.63) is 71.5 Å². The van der Waals surface area contributed by atoms with Gasteiger partial charge in [0.05, 0.1) is 15.9 Å². The molecule has 5 rings (SSSR count). The number of aryl methyl sites for hydroxylation is 3. The normalized spacial score (nSPS) is 11.3. The molecule has 3 heterocycles. The predicted octanol–water partition coefficient (Wildman–Crippen LogP) is 5.27. The van der Waals surface area contributed by atoms with E-state index in [1.165, 1.54) is 16.9 Å². The van der Waals surface area contributed by atoms with Crippen LogP contribution in [0.25, 0.3) is 32.4 Å². The summed E-state index contributed by atoms with van der Waals surface area (Å²) >= 11 is 1.47. The number of rotatable bonds is 4. The van der Waals surface area contributed by atoms with Crippen molar-refractivity contribution in [1.82, 2.24) is 19.7 Å². The molecule has 7 heteroatoms. The Morgan fingerprint density at radius 2 is 1.94 bits per heavy atom. The van der Waals surface area contributed by atoms with E-state index in [2.05, 4.69) is 45.5 Å². The number of thiazole rings is 1. The van der Waals surface area contributed by atoms with E-state index in [-0.39, 0.29) is 12.5 Å². The van der Waals surface area contributed by atoms with Gasteiger partial charge >= 0.3 is 0 Å². The molecule has 3 aromatic heterocycles. The van der Waals surface area contributed by atoms with Gasteiger partial charge in [-0.2, -0.15) is 5.10 Å². The van der Waals surface area contributed by atoms with Crippen molar-refractivity contribution >= 4 is 43.6 Å². The Morgan fingerprint density at radius 1 is 1.10 bits per heavy atom. The standard InChI is InChI=1S/C24H21N5OS/c1-14-6-4-8-17(12-14)18-10-11-25-23-21(18)16(3)28-29(23)13-20(30)26-24-27-22-15(2)7-5-9-19(22)31-24/h4-12H,13H2,1-3H3,(H,26,27,30). The second kappa shape index (κ2) is 7.59. The fourth-order valence-electron chi connectivity index (χ4n) is 3.88. The Hall–Kier alpha value is -3.58. The summed E-state index contributed by atoms with van der Waals surface area (Å²) in [6.45, 7) is 6.12. The maximum atomic E-state index is 12.8. The molecule has 1 amide bonds. The second-order valence-electron chi connectivity index (χ2n) is 7.66. The fourth-order valence-corrected chi connectivity index (χ4v) is 4.84. The van der Waals surface area contributed by atoms with E-state index in [4.69, 9.17) is 0 Å². The number of carbonyl (C=O) groups excluding carboxylic acids is 1. The molecular formula is C24H21N5OS. The van der Waals surface area contributed by atoms with Gasteiger partial charge in [0.25, 0.3) is 0 Å². The van der Waals surface area contributed by atoms with Gasteiger partial charge in [-0.15, -0.1) is 0 Å². The molecule has 6 nitrogen and oxygen atoms in total. The fraction of sp³-hybridized carbons (Fsp3) is 0.167. The molecule has 0 aliphatic carbocycles. The number of pyridine rings is 1. The van der Waals surface area contributed by atoms with Gasteiger partial charge in [0, 0.05) is 11.6 Å². The molecule has 0 saturated heterocycles. The maximum Gasteiger partial charge on any atom is 0.247 e. The molecule has 0 unspecified atom stereocenters. The lowest BCUT2D eigenvalue weighted by Gasteiger charge is -2.06. The number of aromatic nitrogens is 4. The molecule has 0 bridgehead atoms. The highest BCUT2D eigenvalue weighted by Gasteiger charge is 2.17. The molecule has 1 N–H and O–H groups in total. The monoisotopic (exact) mass is 427 g/mol. The summed E-state index contributed by atoms with van der Waals surface area (Å²) in [6.07, 6.45) is 1.77. The summed E-state index contributed by atoms with van der Waals surface area (Å²) in [5.74, 6) is -0.177. The molecule has 0 radical (unpaired) electrons. The molecule has 0 atom stereocenters. The van der Waals surface area contributed by atoms with Gasteiger partial charge < -0.3 is 5.32 Å². The van der Waals surface area contributed by atoms with Crippen LogP contribution in [-0.2, 0) is 11.3 Å². The van der Waals surface area contributed by atoms with Crippen molar-refractivity contribution in [1.29, 1.82) is 0 Å². The average molecular weight is 428 g/mol. The Morgan fingerprint density at radius 3 is 2.74 bits per heavy atom. The summed E-state index contributed by atoms with van der Waals surface area (Å²) in [4.78, 5) is 21.9. The average Bonchev–Trinajstić information content (AvgIpc) is 3.29. The van der Waals surface area contributed by atoms with Gasteiger partial charge in [-0.05, 0) is 49.6 Å². The lowest BCUT2D eigenvalue weighted by Crippen LogP contribution is -2.19. The highest BCUT2D eigenvalue weighted by molar-refractivity contribution is 7.22. The number of anilines is 1. The molecule has 154 valence electrons. The van der Waals surface area contributed by atoms with Gasteiger partial charge in [0.15, 0.2) is 10.8 Å². The number of hydrogen-bond acceptors (Lipinski definition) is 5. The van der Waals surface area contributed by atoms with Crippen molar-refractivity contribution in [3.8, 4) is 11.1 Å². The van der Waals surface area contributed by atoms with Crippen LogP contribution in [0.4, 0.5) is 5.13 Å². The zero-order valence-corrected chi connectivity index (χ0v) is 18.3. The number of nitrogens with one attached hydrogen (secondary N) is 1. The summed E-state index contributed by atoms with van der Waals surface area (Å²) in [5.41, 5.74) is 6.94. The molecule has 0 spiro atoms. The third-order valence-corrected chi connectivity index (χ3v) is 6.23. The quantitative estimate of drug-likeness (QED) is 0.424. The summed E-state index contributed by atoms with van der Waals surface area (Å²) in [7, 11) is 0. The zero-order chi connectivity index (χ0) is 21.5. The molecule has 5 aromatic rings. The van der Waals surface area contributed by atoms with Crippen LogP contribution in [-0.4, -0.2) is 25.7 Å². The van der Waals surface area contributed by atoms with Crippen LogP contribution in [0.1, 0.15) is 16.8 Å². The first-order valence-corrected chi connectivity index (χ1v) is 10.9. The van der Waals surface area contributed by atoms with Crippen molar-refractivity contribution in [2.75, 3.05) is 5.32 Å². The van der Waals surface area contributed by atoms with Crippen LogP contribution in [0.5, 0.6) is 0 Å². The maximum absolute atomic E-state index is 12.8. The second-order valence-corrected chi connectivity index (χ2v) is 8.69. The lowest BCUT2D eigenvalue weighted by atomic mass is 10.0. The predicted molar refractivity (Wildman–Crippen MR) is 125 cm³/mol. The third-order valence-electron chi connectivity index (χ3n) is 5.30. The van der Waals surface area contributed by atoms with Crippen LogP contribution in [0, 0.1) is 20.8 Å². The van der Waals surface area contributed by atoms with Gasteiger partial charge in [-0.3, -0.25) is 4.79 Å². The van der Waals surface area contributed by atoms with Crippen LogP contribution in [0.2, 0.25) is 0 Å². The number of nitrogens with zero attached hydrogens (tertiary/aromatic N) is 4. The van der Waals surface area contributed by atoms with Gasteiger partial charge in [0.1, 0.15) is 6.54 Å². The minimum atomic E-state index is -0.177. The van der Waals surface area contributed by atoms with E-state index < -0.39 is 0 Å². The molecule has 0 fully saturated rings. The number of para-hydroxylation sites is 1. The smallest absolute Gasteiger partial charge is 0.247 e. The molecule has 0 aliphatic heterocycles. The Labute approximate surface area is 183 Å². The largest absolute Gasteiger partial charge is 0.300 e. The lowest BCUT2D eigenvalue weighted by molar-refractivity contribution is -0.116. The van der Waals surface area contributed by atoms with E-state index in [0.717, 1.165) is 38.0 Å². The minimum absolute atomic E-state index is 0.0729. The SMILES string of the molecule is Cc1cccc(-c2ccnc3c2c(C)nn3CC(=O)Nc2nc3c(C)cccc3s2)c1. The molecular weight excluding hydrogens is 406 g/mol. The molecule has 0 saturated carbocycles. The Kier molecular flexibility index (Phi) is 4.75. The van der Waals surface area contributed by atoms with E-state index in [1.54, 1.807) is 10.9 Å². The minimum Gasteiger partial charge on any atom is -0.300 e. The van der Waals surface area contributed by atoms with Crippen LogP contribution >= 0.6 is 11.3 Å². The number of carbonyl (C=O) groups is 1. The van der Waals surface area contributed by atoms with Crippen molar-refractivity contribution in [2.45, 2.75) is 27.3 Å². The Bertz CT molecular complexity index is 1450. The van der Waals surface area contributed by atoms with Gasteiger partial charge in [0.2, 0.25) is 5.91 Å². The highest BCUT2D eigenvalue weighted by Crippen LogP contribution is 2.31. The number of amides is 1. The van der Waals surface area contributed by atoms with E-state index in [0.29, 0.717) is 10.8 Å². The van der Waals surface area contributed by atoms with Crippen LogP contribution in [0.3, 0.4) is 0 Å². The van der Waals surface area contributed by atoms with Crippen molar-refractivity contribution in [3.63, 3.8) is 0 Å². The van der Waals surface area contributed by atoms with Gasteiger partial charge in [-0.1, -0.05) is 53.3 Å². The van der Waals surface area contributed by atoms with Crippen LogP contribution in [0.15, 0.2) is 54.7 Å².